The van der Waals surface area contributed by atoms with Gasteiger partial charge in [-0.05, 0) is 60.2 Å². The first-order valence-corrected chi connectivity index (χ1v) is 22.5. The molecule has 25 heteroatoms. The van der Waals surface area contributed by atoms with Crippen LogP contribution in [0.2, 0.25) is 0 Å². The van der Waals surface area contributed by atoms with Crippen molar-refractivity contribution in [3.63, 3.8) is 0 Å². The summed E-state index contributed by atoms with van der Waals surface area (Å²) in [5.41, 5.74) is -4.55. The van der Waals surface area contributed by atoms with Crippen molar-refractivity contribution in [2.24, 2.45) is 7.05 Å². The van der Waals surface area contributed by atoms with E-state index in [2.05, 4.69) is 30.9 Å². The number of H-pyrrole nitrogens is 1. The van der Waals surface area contributed by atoms with Crippen molar-refractivity contribution in [2.75, 3.05) is 16.0 Å². The standard InChI is InChI=1S/C40H27N7O15S3/c1-47-27-13-12-24(31-32(27)30(22-10-2-3-11-23(22)35(31)49)33(36(47)50)34(48)18-6-5-9-21(15-18)63(54,55)56)42-25-16-26(29(65(60,61)62)17-28(25)64(57,58)59)43-39-44-38(45-40(53)46-39)41-20-8-4-7-19(14-20)37(51)52/h2-17,42H,1H3,(H,51,52)(H,54,55,56)(H,57,58,59)(H,60,61,62)(H3,41,43,44,45,46,53). The van der Waals surface area contributed by atoms with Crippen LogP contribution in [0.3, 0.4) is 0 Å². The van der Waals surface area contributed by atoms with Crippen molar-refractivity contribution in [3.8, 4) is 11.1 Å². The molecule has 0 saturated heterocycles. The van der Waals surface area contributed by atoms with E-state index in [0.29, 0.717) is 6.07 Å². The summed E-state index contributed by atoms with van der Waals surface area (Å²) in [4.78, 5) is 74.0. The second kappa shape index (κ2) is 15.7. The van der Waals surface area contributed by atoms with E-state index in [1.54, 1.807) is 0 Å². The highest BCUT2D eigenvalue weighted by Gasteiger charge is 2.35. The fourth-order valence-electron chi connectivity index (χ4n) is 7.24. The van der Waals surface area contributed by atoms with Crippen molar-refractivity contribution in [3.05, 3.63) is 146 Å². The van der Waals surface area contributed by atoms with Gasteiger partial charge in [-0.3, -0.25) is 33.0 Å². The predicted octanol–water partition coefficient (Wildman–Crippen LogP) is 4.13. The molecule has 7 aromatic rings. The molecule has 0 fully saturated rings. The Hall–Kier alpha value is -7.94. The minimum absolute atomic E-state index is 0.0242. The number of carboxylic acid groups (broad SMARTS) is 1. The van der Waals surface area contributed by atoms with Crippen LogP contribution in [0.5, 0.6) is 0 Å². The summed E-state index contributed by atoms with van der Waals surface area (Å²) in [7, 11) is -14.3. The van der Waals surface area contributed by atoms with Crippen LogP contribution < -0.4 is 27.2 Å². The largest absolute Gasteiger partial charge is 0.478 e. The zero-order valence-corrected chi connectivity index (χ0v) is 35.0. The average molecular weight is 942 g/mol. The van der Waals surface area contributed by atoms with E-state index in [4.69, 9.17) is 0 Å². The molecule has 5 aromatic carbocycles. The number of hydrogen-bond donors (Lipinski definition) is 8. The number of nitrogens with zero attached hydrogens (tertiary/aromatic N) is 3. The number of rotatable bonds is 12. The molecule has 8 rings (SSSR count). The van der Waals surface area contributed by atoms with E-state index < -0.39 is 103 Å². The van der Waals surface area contributed by atoms with Crippen LogP contribution in [0.4, 0.5) is 34.6 Å². The molecule has 0 spiro atoms. The number of carboxylic acids is 1. The summed E-state index contributed by atoms with van der Waals surface area (Å²) < 4.78 is 107. The Kier molecular flexibility index (Phi) is 10.6. The molecule has 2 heterocycles. The monoisotopic (exact) mass is 941 g/mol. The quantitative estimate of drug-likeness (QED) is 0.0630. The number of carbonyl (C=O) groups is 3. The SMILES string of the molecule is Cn1c(=O)c(C(=O)c2cccc(S(=O)(=O)O)c2)c2c3c(c(Nc4cc(Nc5nc(Nc6cccc(C(=O)O)c6)nc(=O)[nH]5)c(S(=O)(=O)O)cc4S(=O)(=O)O)ccc31)C(=O)c1ccccc1-2. The van der Waals surface area contributed by atoms with Gasteiger partial charge in [0.25, 0.3) is 35.9 Å². The highest BCUT2D eigenvalue weighted by molar-refractivity contribution is 7.87. The maximum Gasteiger partial charge on any atom is 0.351 e. The molecule has 1 aliphatic carbocycles. The molecule has 0 aliphatic heterocycles. The van der Waals surface area contributed by atoms with Crippen LogP contribution in [0.15, 0.2) is 121 Å². The number of aromatic carboxylic acids is 1. The Morgan fingerprint density at radius 3 is 1.95 bits per heavy atom. The lowest BCUT2D eigenvalue weighted by Gasteiger charge is -2.26. The van der Waals surface area contributed by atoms with Gasteiger partial charge in [0.1, 0.15) is 9.79 Å². The van der Waals surface area contributed by atoms with E-state index in [9.17, 15) is 68.0 Å². The number of aromatic nitrogens is 4. The Morgan fingerprint density at radius 2 is 1.29 bits per heavy atom. The minimum Gasteiger partial charge on any atom is -0.478 e. The van der Waals surface area contributed by atoms with Crippen LogP contribution in [0.25, 0.3) is 22.0 Å². The summed E-state index contributed by atoms with van der Waals surface area (Å²) in [6.07, 6.45) is 0. The number of pyridine rings is 1. The summed E-state index contributed by atoms with van der Waals surface area (Å²) in [5, 5.41) is 17.1. The third kappa shape index (κ3) is 8.12. The van der Waals surface area contributed by atoms with Crippen LogP contribution in [0, 0.1) is 0 Å². The number of aromatic amines is 1. The van der Waals surface area contributed by atoms with Crippen molar-refractivity contribution < 1.29 is 58.4 Å². The van der Waals surface area contributed by atoms with Crippen LogP contribution >= 0.6 is 0 Å². The van der Waals surface area contributed by atoms with E-state index in [0.717, 1.165) is 22.8 Å². The molecule has 2 aromatic heterocycles. The lowest BCUT2D eigenvalue weighted by Crippen LogP contribution is -2.29. The molecule has 0 amide bonds. The Bertz CT molecular complexity index is 3760. The third-order valence-corrected chi connectivity index (χ3v) is 12.7. The van der Waals surface area contributed by atoms with Gasteiger partial charge in [-0.2, -0.15) is 35.2 Å². The van der Waals surface area contributed by atoms with Gasteiger partial charge in [0.2, 0.25) is 11.9 Å². The van der Waals surface area contributed by atoms with Crippen molar-refractivity contribution >= 4 is 93.4 Å². The maximum absolute atomic E-state index is 14.5. The Balaban J connectivity index is 1.32. The van der Waals surface area contributed by atoms with Gasteiger partial charge in [-0.15, -0.1) is 0 Å². The number of aryl methyl sites for hydroxylation is 1. The Morgan fingerprint density at radius 1 is 0.646 bits per heavy atom. The molecule has 22 nitrogen and oxygen atoms in total. The first-order valence-electron chi connectivity index (χ1n) is 18.2. The van der Waals surface area contributed by atoms with E-state index >= 15 is 0 Å². The van der Waals surface area contributed by atoms with Crippen molar-refractivity contribution in [2.45, 2.75) is 14.7 Å². The molecule has 1 aliphatic rings. The van der Waals surface area contributed by atoms with Crippen molar-refractivity contribution in [1.82, 2.24) is 19.5 Å². The van der Waals surface area contributed by atoms with Crippen LogP contribution in [-0.4, -0.2) is 81.1 Å². The number of fused-ring (bicyclic) bond motifs is 2. The summed E-state index contributed by atoms with van der Waals surface area (Å²) in [6, 6.07) is 19.1. The molecule has 65 heavy (non-hydrogen) atoms. The number of benzene rings is 5. The summed E-state index contributed by atoms with van der Waals surface area (Å²) in [5.74, 6) is -3.99. The second-order valence-electron chi connectivity index (χ2n) is 14.1. The zero-order valence-electron chi connectivity index (χ0n) is 32.6. The molecular weight excluding hydrogens is 915 g/mol. The predicted molar refractivity (Wildman–Crippen MR) is 230 cm³/mol. The van der Waals surface area contributed by atoms with Gasteiger partial charge in [0, 0.05) is 34.8 Å². The number of hydrogen-bond acceptors (Lipinski definition) is 16. The topological polar surface area (TPSA) is 351 Å². The van der Waals surface area contributed by atoms with Gasteiger partial charge in [-0.25, -0.2) is 9.59 Å². The van der Waals surface area contributed by atoms with Crippen LogP contribution in [-0.2, 0) is 37.4 Å². The molecular formula is C40H27N7O15S3. The molecule has 8 N–H and O–H groups in total. The van der Waals surface area contributed by atoms with Crippen molar-refractivity contribution in [1.29, 1.82) is 0 Å². The number of anilines is 6. The van der Waals surface area contributed by atoms with E-state index in [1.807, 2.05) is 0 Å². The first-order chi connectivity index (χ1) is 30.5. The minimum atomic E-state index is -5.41. The van der Waals surface area contributed by atoms with Crippen LogP contribution in [0.1, 0.15) is 42.2 Å². The molecule has 0 saturated carbocycles. The molecule has 0 unspecified atom stereocenters. The second-order valence-corrected chi connectivity index (χ2v) is 18.3. The maximum atomic E-state index is 14.5. The smallest absolute Gasteiger partial charge is 0.351 e. The lowest BCUT2D eigenvalue weighted by molar-refractivity contribution is 0.0696. The highest BCUT2D eigenvalue weighted by atomic mass is 32.2. The van der Waals surface area contributed by atoms with Gasteiger partial charge in [-0.1, -0.05) is 42.5 Å². The number of carbonyl (C=O) groups excluding carboxylic acids is 2. The summed E-state index contributed by atoms with van der Waals surface area (Å²) >= 11 is 0. The third-order valence-electron chi connectivity index (χ3n) is 10.0. The first kappa shape index (κ1) is 43.7. The lowest BCUT2D eigenvalue weighted by atomic mass is 9.80. The number of ketones is 2. The van der Waals surface area contributed by atoms with E-state index in [1.165, 1.54) is 79.8 Å². The molecule has 0 atom stereocenters. The fraction of sp³-hybridized carbons (Fsp3) is 0.0250. The Labute approximate surface area is 364 Å². The summed E-state index contributed by atoms with van der Waals surface area (Å²) in [6.45, 7) is 0. The number of nitrogens with one attached hydrogen (secondary N) is 4. The zero-order chi connectivity index (χ0) is 46.9. The molecule has 0 radical (unpaired) electrons. The molecule has 0 bridgehead atoms. The normalized spacial score (nSPS) is 12.4. The van der Waals surface area contributed by atoms with Gasteiger partial charge >= 0.3 is 11.7 Å². The average Bonchev–Trinajstić information content (AvgIpc) is 3.23. The highest BCUT2D eigenvalue weighted by Crippen LogP contribution is 2.45. The van der Waals surface area contributed by atoms with Gasteiger partial charge in [0.05, 0.1) is 44.2 Å². The van der Waals surface area contributed by atoms with Gasteiger partial charge < -0.3 is 25.6 Å². The van der Waals surface area contributed by atoms with E-state index in [-0.39, 0.29) is 55.7 Å². The fourth-order valence-corrected chi connectivity index (χ4v) is 9.15. The molecule has 330 valence electrons. The van der Waals surface area contributed by atoms with Gasteiger partial charge in [0.15, 0.2) is 11.6 Å².